The molecule has 0 amide bonds. The largest absolute Gasteiger partial charge is 0.494 e. The lowest BCUT2D eigenvalue weighted by Crippen LogP contribution is -2.05. The van der Waals surface area contributed by atoms with Crippen LogP contribution in [0.25, 0.3) is 11.1 Å². The van der Waals surface area contributed by atoms with Crippen LogP contribution in [0.3, 0.4) is 0 Å². The van der Waals surface area contributed by atoms with Crippen LogP contribution in [0.2, 0.25) is 0 Å². The number of H-pyrrole nitrogens is 1. The third-order valence-corrected chi connectivity index (χ3v) is 2.15. The number of aromatic nitrogens is 2. The number of nitrogens with one attached hydrogen (secondary N) is 1. The van der Waals surface area contributed by atoms with Crippen LogP contribution in [0.15, 0.2) is 35.3 Å². The Morgan fingerprint density at radius 1 is 1.31 bits per heavy atom. The number of nitrogens with zero attached hydrogens (tertiary/aromatic N) is 1. The molecule has 0 fully saturated rings. The van der Waals surface area contributed by atoms with E-state index in [9.17, 15) is 9.18 Å². The van der Waals surface area contributed by atoms with E-state index in [1.165, 1.54) is 31.5 Å². The predicted octanol–water partition coefficient (Wildman–Crippen LogP) is 1.58. The van der Waals surface area contributed by atoms with Crippen molar-refractivity contribution in [1.29, 1.82) is 0 Å². The van der Waals surface area contributed by atoms with Gasteiger partial charge in [-0.15, -0.1) is 0 Å². The topological polar surface area (TPSA) is 55.0 Å². The van der Waals surface area contributed by atoms with Crippen LogP contribution in [0.1, 0.15) is 0 Å². The summed E-state index contributed by atoms with van der Waals surface area (Å²) in [7, 11) is 1.40. The zero-order valence-corrected chi connectivity index (χ0v) is 8.53. The average Bonchev–Trinajstić information content (AvgIpc) is 2.29. The van der Waals surface area contributed by atoms with Crippen molar-refractivity contribution in [1.82, 2.24) is 10.2 Å². The maximum atomic E-state index is 13.4. The van der Waals surface area contributed by atoms with E-state index in [1.807, 2.05) is 0 Å². The lowest BCUT2D eigenvalue weighted by molar-refractivity contribution is 0.386. The van der Waals surface area contributed by atoms with E-state index in [0.29, 0.717) is 11.1 Å². The molecule has 0 atom stereocenters. The summed E-state index contributed by atoms with van der Waals surface area (Å²) in [5.74, 6) is -0.304. The van der Waals surface area contributed by atoms with Gasteiger partial charge in [-0.25, -0.2) is 9.49 Å². The first-order valence-electron chi connectivity index (χ1n) is 4.59. The van der Waals surface area contributed by atoms with Crippen molar-refractivity contribution >= 4 is 0 Å². The zero-order chi connectivity index (χ0) is 11.5. The summed E-state index contributed by atoms with van der Waals surface area (Å²) >= 11 is 0. The van der Waals surface area contributed by atoms with Crippen molar-refractivity contribution in [3.63, 3.8) is 0 Å². The van der Waals surface area contributed by atoms with Gasteiger partial charge in [0.15, 0.2) is 11.6 Å². The van der Waals surface area contributed by atoms with Gasteiger partial charge in [0, 0.05) is 11.6 Å². The Balaban J connectivity index is 2.49. The highest BCUT2D eigenvalue weighted by Gasteiger charge is 2.05. The van der Waals surface area contributed by atoms with E-state index in [2.05, 4.69) is 10.2 Å². The highest BCUT2D eigenvalue weighted by atomic mass is 19.1. The molecular formula is C11H9FN2O2. The molecule has 0 bridgehead atoms. The molecule has 0 radical (unpaired) electrons. The number of hydrogen-bond acceptors (Lipinski definition) is 3. The number of ether oxygens (including phenoxy) is 1. The number of hydrogen-bond donors (Lipinski definition) is 1. The van der Waals surface area contributed by atoms with Crippen molar-refractivity contribution in [2.75, 3.05) is 7.11 Å². The minimum absolute atomic E-state index is 0.168. The number of rotatable bonds is 2. The lowest BCUT2D eigenvalue weighted by atomic mass is 10.1. The highest BCUT2D eigenvalue weighted by molar-refractivity contribution is 5.62. The van der Waals surface area contributed by atoms with Crippen LogP contribution >= 0.6 is 0 Å². The first-order chi connectivity index (χ1) is 7.70. The highest BCUT2D eigenvalue weighted by Crippen LogP contribution is 2.23. The fourth-order valence-electron chi connectivity index (χ4n) is 1.38. The molecule has 5 heteroatoms. The SMILES string of the molecule is COc1ccc(-c2cn[nH]c(=O)c2)cc1F. The summed E-state index contributed by atoms with van der Waals surface area (Å²) < 4.78 is 18.2. The summed E-state index contributed by atoms with van der Waals surface area (Å²) in [6.07, 6.45) is 1.46. The maximum absolute atomic E-state index is 13.4. The number of aromatic amines is 1. The minimum Gasteiger partial charge on any atom is -0.494 e. The first-order valence-corrected chi connectivity index (χ1v) is 4.59. The Hall–Kier alpha value is -2.17. The van der Waals surface area contributed by atoms with E-state index in [0.717, 1.165) is 0 Å². The van der Waals surface area contributed by atoms with E-state index < -0.39 is 5.82 Å². The third-order valence-electron chi connectivity index (χ3n) is 2.15. The molecule has 0 spiro atoms. The molecule has 2 aromatic rings. The molecule has 0 aliphatic rings. The maximum Gasteiger partial charge on any atom is 0.264 e. The molecule has 0 saturated carbocycles. The van der Waals surface area contributed by atoms with Gasteiger partial charge < -0.3 is 4.74 Å². The van der Waals surface area contributed by atoms with Gasteiger partial charge in [0.2, 0.25) is 0 Å². The van der Waals surface area contributed by atoms with Crippen LogP contribution < -0.4 is 10.3 Å². The summed E-state index contributed by atoms with van der Waals surface area (Å²) in [5.41, 5.74) is 0.816. The molecule has 0 aliphatic heterocycles. The first kappa shape index (κ1) is 10.4. The minimum atomic E-state index is -0.472. The normalized spacial score (nSPS) is 10.1. The average molecular weight is 220 g/mol. The van der Waals surface area contributed by atoms with Gasteiger partial charge in [0.1, 0.15) is 0 Å². The molecule has 0 aliphatic carbocycles. The van der Waals surface area contributed by atoms with Crippen LogP contribution in [-0.4, -0.2) is 17.3 Å². The van der Waals surface area contributed by atoms with Gasteiger partial charge in [-0.05, 0) is 17.7 Å². The molecule has 0 saturated heterocycles. The fourth-order valence-corrected chi connectivity index (χ4v) is 1.38. The number of benzene rings is 1. The second kappa shape index (κ2) is 4.14. The van der Waals surface area contributed by atoms with Crippen LogP contribution in [0.5, 0.6) is 5.75 Å². The Bertz CT molecular complexity index is 566. The molecule has 2 rings (SSSR count). The van der Waals surface area contributed by atoms with Crippen molar-refractivity contribution in [2.45, 2.75) is 0 Å². The summed E-state index contributed by atoms with van der Waals surface area (Å²) in [4.78, 5) is 11.0. The molecule has 0 unspecified atom stereocenters. The Kier molecular flexibility index (Phi) is 2.68. The Morgan fingerprint density at radius 3 is 2.75 bits per heavy atom. The standard InChI is InChI=1S/C11H9FN2O2/c1-16-10-3-2-7(4-9(10)12)8-5-11(15)14-13-6-8/h2-6H,1H3,(H,14,15). The molecule has 1 aromatic heterocycles. The van der Waals surface area contributed by atoms with Gasteiger partial charge in [-0.3, -0.25) is 4.79 Å². The molecule has 1 heterocycles. The molecule has 4 nitrogen and oxygen atoms in total. The van der Waals surface area contributed by atoms with Crippen molar-refractivity contribution in [2.24, 2.45) is 0 Å². The molecular weight excluding hydrogens is 211 g/mol. The van der Waals surface area contributed by atoms with Gasteiger partial charge in [0.05, 0.1) is 13.3 Å². The second-order valence-electron chi connectivity index (χ2n) is 3.18. The van der Waals surface area contributed by atoms with Gasteiger partial charge in [-0.1, -0.05) is 6.07 Å². The Morgan fingerprint density at radius 2 is 2.12 bits per heavy atom. The monoisotopic (exact) mass is 220 g/mol. The van der Waals surface area contributed by atoms with Crippen molar-refractivity contribution < 1.29 is 9.13 Å². The fraction of sp³-hybridized carbons (Fsp3) is 0.0909. The Labute approximate surface area is 90.7 Å². The lowest BCUT2D eigenvalue weighted by Gasteiger charge is -2.04. The van der Waals surface area contributed by atoms with E-state index in [4.69, 9.17) is 4.74 Å². The third kappa shape index (κ3) is 1.93. The summed E-state index contributed by atoms with van der Waals surface area (Å²) in [6.45, 7) is 0. The van der Waals surface area contributed by atoms with E-state index in [-0.39, 0.29) is 11.3 Å². The van der Waals surface area contributed by atoms with Crippen LogP contribution in [-0.2, 0) is 0 Å². The molecule has 1 aromatic carbocycles. The van der Waals surface area contributed by atoms with Crippen LogP contribution in [0.4, 0.5) is 4.39 Å². The quantitative estimate of drug-likeness (QED) is 0.836. The molecule has 1 N–H and O–H groups in total. The second-order valence-corrected chi connectivity index (χ2v) is 3.18. The predicted molar refractivity (Wildman–Crippen MR) is 56.8 cm³/mol. The smallest absolute Gasteiger partial charge is 0.264 e. The summed E-state index contributed by atoms with van der Waals surface area (Å²) in [5, 5.41) is 5.90. The van der Waals surface area contributed by atoms with E-state index in [1.54, 1.807) is 6.07 Å². The van der Waals surface area contributed by atoms with Gasteiger partial charge in [-0.2, -0.15) is 5.10 Å². The molecule has 82 valence electrons. The number of methoxy groups -OCH3 is 1. The number of halogens is 1. The zero-order valence-electron chi connectivity index (χ0n) is 8.53. The molecule has 16 heavy (non-hydrogen) atoms. The van der Waals surface area contributed by atoms with Crippen molar-refractivity contribution in [3.8, 4) is 16.9 Å². The summed E-state index contributed by atoms with van der Waals surface area (Å²) in [6, 6.07) is 5.83. The van der Waals surface area contributed by atoms with Gasteiger partial charge in [0.25, 0.3) is 5.56 Å². The van der Waals surface area contributed by atoms with Crippen LogP contribution in [0, 0.1) is 5.82 Å². The van der Waals surface area contributed by atoms with E-state index >= 15 is 0 Å². The van der Waals surface area contributed by atoms with Gasteiger partial charge >= 0.3 is 0 Å². The van der Waals surface area contributed by atoms with Crippen molar-refractivity contribution in [3.05, 3.63) is 46.6 Å².